The molecule has 2 aromatic rings. The van der Waals surface area contributed by atoms with Crippen molar-refractivity contribution in [3.63, 3.8) is 0 Å². The molecular weight excluding hydrogens is 428 g/mol. The van der Waals surface area contributed by atoms with Crippen molar-refractivity contribution in [3.05, 3.63) is 35.3 Å². The zero-order chi connectivity index (χ0) is 21.7. The number of benzene rings is 1. The van der Waals surface area contributed by atoms with Gasteiger partial charge in [0.25, 0.3) is 0 Å². The molecule has 1 aromatic heterocycles. The van der Waals surface area contributed by atoms with E-state index in [0.29, 0.717) is 30.3 Å². The third kappa shape index (κ3) is 5.35. The summed E-state index contributed by atoms with van der Waals surface area (Å²) in [5.74, 6) is -0.663. The van der Waals surface area contributed by atoms with Gasteiger partial charge in [0.15, 0.2) is 5.13 Å². The second-order valence-electron chi connectivity index (χ2n) is 6.92. The zero-order valence-corrected chi connectivity index (χ0v) is 18.4. The molecule has 9 nitrogen and oxygen atoms in total. The van der Waals surface area contributed by atoms with Crippen molar-refractivity contribution in [1.29, 1.82) is 0 Å². The van der Waals surface area contributed by atoms with E-state index in [1.165, 1.54) is 34.9 Å². The Kier molecular flexibility index (Phi) is 7.06. The summed E-state index contributed by atoms with van der Waals surface area (Å²) in [7, 11) is -2.20. The molecule has 3 rings (SSSR count). The summed E-state index contributed by atoms with van der Waals surface area (Å²) in [4.78, 5) is 29.7. The number of aromatic nitrogens is 1. The third-order valence-corrected chi connectivity index (χ3v) is 7.45. The highest BCUT2D eigenvalue weighted by molar-refractivity contribution is 7.89. The van der Waals surface area contributed by atoms with Crippen molar-refractivity contribution in [3.8, 4) is 5.75 Å². The van der Waals surface area contributed by atoms with Crippen LogP contribution in [0.15, 0.2) is 35.4 Å². The summed E-state index contributed by atoms with van der Waals surface area (Å²) in [6, 6.07) is 6.15. The molecule has 0 aliphatic carbocycles. The van der Waals surface area contributed by atoms with Crippen LogP contribution in [0.3, 0.4) is 0 Å². The Bertz CT molecular complexity index is 1000. The molecule has 2 amide bonds. The molecule has 0 saturated carbocycles. The fourth-order valence-electron chi connectivity index (χ4n) is 3.16. The molecule has 162 valence electrons. The van der Waals surface area contributed by atoms with Crippen LogP contribution in [0, 0.1) is 12.8 Å². The van der Waals surface area contributed by atoms with E-state index in [4.69, 9.17) is 4.74 Å². The number of nitrogens with zero attached hydrogens (tertiary/aromatic N) is 2. The molecule has 1 aromatic carbocycles. The minimum absolute atomic E-state index is 0.0769. The van der Waals surface area contributed by atoms with Crippen molar-refractivity contribution in [1.82, 2.24) is 14.6 Å². The summed E-state index contributed by atoms with van der Waals surface area (Å²) in [5, 5.41) is 5.69. The minimum atomic E-state index is -3.71. The Labute approximate surface area is 179 Å². The molecule has 1 fully saturated rings. The number of amides is 2. The van der Waals surface area contributed by atoms with Gasteiger partial charge in [-0.1, -0.05) is 0 Å². The smallest absolute Gasteiger partial charge is 0.245 e. The first kappa shape index (κ1) is 22.2. The number of carbonyl (C=O) groups is 2. The predicted molar refractivity (Wildman–Crippen MR) is 113 cm³/mol. The van der Waals surface area contributed by atoms with E-state index < -0.39 is 15.9 Å². The molecule has 1 atom stereocenters. The van der Waals surface area contributed by atoms with Gasteiger partial charge in [0.05, 0.1) is 24.5 Å². The van der Waals surface area contributed by atoms with Gasteiger partial charge in [-0.3, -0.25) is 9.59 Å². The number of nitrogens with one attached hydrogen (secondary N) is 2. The molecule has 30 heavy (non-hydrogen) atoms. The molecule has 0 unspecified atom stereocenters. The van der Waals surface area contributed by atoms with Gasteiger partial charge in [0.2, 0.25) is 21.8 Å². The van der Waals surface area contributed by atoms with Crippen LogP contribution in [0.1, 0.15) is 17.7 Å². The van der Waals surface area contributed by atoms with Crippen LogP contribution in [-0.4, -0.2) is 56.3 Å². The van der Waals surface area contributed by atoms with E-state index in [0.717, 1.165) is 4.88 Å². The lowest BCUT2D eigenvalue weighted by Crippen LogP contribution is -2.46. The second-order valence-corrected chi connectivity index (χ2v) is 10.1. The molecule has 0 spiro atoms. The molecule has 1 aliphatic rings. The Morgan fingerprint density at radius 1 is 1.30 bits per heavy atom. The van der Waals surface area contributed by atoms with E-state index in [9.17, 15) is 18.0 Å². The highest BCUT2D eigenvalue weighted by atomic mass is 32.2. The van der Waals surface area contributed by atoms with Gasteiger partial charge < -0.3 is 15.4 Å². The second kappa shape index (κ2) is 9.54. The Morgan fingerprint density at radius 3 is 2.67 bits per heavy atom. The summed E-state index contributed by atoms with van der Waals surface area (Å²) >= 11 is 1.34. The Morgan fingerprint density at radius 2 is 2.03 bits per heavy atom. The number of piperidine rings is 1. The molecule has 11 heteroatoms. The highest BCUT2D eigenvalue weighted by Gasteiger charge is 2.33. The minimum Gasteiger partial charge on any atom is -0.497 e. The first-order valence-corrected chi connectivity index (χ1v) is 11.7. The van der Waals surface area contributed by atoms with Gasteiger partial charge in [0.1, 0.15) is 5.75 Å². The molecule has 0 radical (unpaired) electrons. The number of hydrogen-bond donors (Lipinski definition) is 2. The van der Waals surface area contributed by atoms with Crippen molar-refractivity contribution in [2.45, 2.75) is 24.7 Å². The predicted octanol–water partition coefficient (Wildman–Crippen LogP) is 1.62. The molecule has 2 heterocycles. The average molecular weight is 453 g/mol. The van der Waals surface area contributed by atoms with E-state index in [1.54, 1.807) is 18.3 Å². The Balaban J connectivity index is 1.56. The molecule has 1 saturated heterocycles. The van der Waals surface area contributed by atoms with Gasteiger partial charge in [-0.2, -0.15) is 4.31 Å². The van der Waals surface area contributed by atoms with E-state index in [-0.39, 0.29) is 29.8 Å². The number of anilines is 1. The average Bonchev–Trinajstić information content (AvgIpc) is 3.16. The summed E-state index contributed by atoms with van der Waals surface area (Å²) < 4.78 is 32.2. The quantitative estimate of drug-likeness (QED) is 0.659. The van der Waals surface area contributed by atoms with Crippen LogP contribution >= 0.6 is 11.3 Å². The number of thiazole rings is 1. The molecule has 1 aliphatic heterocycles. The third-order valence-electron chi connectivity index (χ3n) is 4.74. The lowest BCUT2D eigenvalue weighted by Gasteiger charge is -2.31. The molecule has 0 bridgehead atoms. The topological polar surface area (TPSA) is 118 Å². The maximum absolute atomic E-state index is 12.9. The number of ether oxygens (including phenoxy) is 1. The lowest BCUT2D eigenvalue weighted by atomic mass is 9.99. The number of aryl methyl sites for hydroxylation is 1. The first-order chi connectivity index (χ1) is 14.3. The largest absolute Gasteiger partial charge is 0.497 e. The van der Waals surface area contributed by atoms with Gasteiger partial charge in [-0.15, -0.1) is 11.3 Å². The van der Waals surface area contributed by atoms with E-state index >= 15 is 0 Å². The monoisotopic (exact) mass is 452 g/mol. The van der Waals surface area contributed by atoms with Crippen molar-refractivity contribution in [2.24, 2.45) is 5.92 Å². The van der Waals surface area contributed by atoms with Crippen LogP contribution in [0.5, 0.6) is 5.75 Å². The lowest BCUT2D eigenvalue weighted by molar-refractivity contribution is -0.128. The fourth-order valence-corrected chi connectivity index (χ4v) is 5.36. The van der Waals surface area contributed by atoms with Crippen LogP contribution in [0.25, 0.3) is 0 Å². The van der Waals surface area contributed by atoms with Crippen LogP contribution in [0.4, 0.5) is 5.13 Å². The number of carbonyl (C=O) groups excluding carboxylic acids is 2. The van der Waals surface area contributed by atoms with E-state index in [1.807, 2.05) is 6.92 Å². The van der Waals surface area contributed by atoms with Gasteiger partial charge in [-0.05, 0) is 44.0 Å². The SMILES string of the molecule is COc1ccc(S(=O)(=O)N2CCC[C@H](C(=O)NCC(=O)Nc3ncc(C)s3)C2)cc1. The number of hydrogen-bond acceptors (Lipinski definition) is 7. The first-order valence-electron chi connectivity index (χ1n) is 9.44. The van der Waals surface area contributed by atoms with Gasteiger partial charge in [0, 0.05) is 24.2 Å². The number of rotatable bonds is 7. The van der Waals surface area contributed by atoms with Crippen molar-refractivity contribution < 1.29 is 22.7 Å². The summed E-state index contributed by atoms with van der Waals surface area (Å²) in [6.07, 6.45) is 2.78. The molecule has 2 N–H and O–H groups in total. The Hall–Kier alpha value is -2.50. The zero-order valence-electron chi connectivity index (χ0n) is 16.8. The number of sulfonamides is 1. The van der Waals surface area contributed by atoms with Crippen LogP contribution in [-0.2, 0) is 19.6 Å². The maximum atomic E-state index is 12.9. The van der Waals surface area contributed by atoms with Gasteiger partial charge >= 0.3 is 0 Å². The summed E-state index contributed by atoms with van der Waals surface area (Å²) in [6.45, 7) is 2.11. The van der Waals surface area contributed by atoms with E-state index in [2.05, 4.69) is 15.6 Å². The van der Waals surface area contributed by atoms with Crippen LogP contribution < -0.4 is 15.4 Å². The summed E-state index contributed by atoms with van der Waals surface area (Å²) in [5.41, 5.74) is 0. The molecular formula is C19H24N4O5S2. The van der Waals surface area contributed by atoms with Crippen molar-refractivity contribution in [2.75, 3.05) is 32.1 Å². The van der Waals surface area contributed by atoms with Gasteiger partial charge in [-0.25, -0.2) is 13.4 Å². The number of methoxy groups -OCH3 is 1. The fraction of sp³-hybridized carbons (Fsp3) is 0.421. The normalized spacial score (nSPS) is 17.3. The van der Waals surface area contributed by atoms with Crippen LogP contribution in [0.2, 0.25) is 0 Å². The maximum Gasteiger partial charge on any atom is 0.245 e. The standard InChI is InChI=1S/C19H24N4O5S2/c1-13-10-21-19(29-13)22-17(24)11-20-18(25)14-4-3-9-23(12-14)30(26,27)16-7-5-15(28-2)6-8-16/h5-8,10,14H,3-4,9,11-12H2,1-2H3,(H,20,25)(H,21,22,24)/t14-/m0/s1. The van der Waals surface area contributed by atoms with Crippen molar-refractivity contribution >= 4 is 38.3 Å². The highest BCUT2D eigenvalue weighted by Crippen LogP contribution is 2.25.